The van der Waals surface area contributed by atoms with Crippen molar-refractivity contribution >= 4 is 34.0 Å². The zero-order valence-electron chi connectivity index (χ0n) is 16.2. The number of aryl methyl sites for hydroxylation is 1. The lowest BCUT2D eigenvalue weighted by atomic mass is 9.84. The molecule has 0 unspecified atom stereocenters. The fourth-order valence-corrected chi connectivity index (χ4v) is 4.92. The maximum absolute atomic E-state index is 12.6. The fourth-order valence-electron chi connectivity index (χ4n) is 4.11. The second-order valence-electron chi connectivity index (χ2n) is 8.25. The van der Waals surface area contributed by atoms with E-state index in [-0.39, 0.29) is 17.7 Å². The largest absolute Gasteiger partial charge is 0.312 e. The Morgan fingerprint density at radius 2 is 1.96 bits per heavy atom. The van der Waals surface area contributed by atoms with Gasteiger partial charge in [-0.3, -0.25) is 14.5 Å². The molecule has 1 aliphatic heterocycles. The maximum atomic E-state index is 12.6. The summed E-state index contributed by atoms with van der Waals surface area (Å²) in [6, 6.07) is 6.31. The number of benzene rings is 1. The summed E-state index contributed by atoms with van der Waals surface area (Å²) >= 11 is 1.52. The first-order valence-corrected chi connectivity index (χ1v) is 11.2. The minimum absolute atomic E-state index is 0.177. The standard InChI is InChI=1S/C22H25N3O2S/c1-24(20(26)14-4-2-5-14)22-23-18(13-28-22)16-9-10-19-17(12-16)6-3-11-25(19)21(27)15-7-8-15/h9-10,12-15H,2-8,11H2,1H3. The molecule has 0 bridgehead atoms. The smallest absolute Gasteiger partial charge is 0.231 e. The molecule has 2 aliphatic carbocycles. The predicted molar refractivity (Wildman–Crippen MR) is 112 cm³/mol. The van der Waals surface area contributed by atoms with Crippen molar-refractivity contribution in [2.45, 2.75) is 44.9 Å². The van der Waals surface area contributed by atoms with Crippen molar-refractivity contribution in [3.05, 3.63) is 29.1 Å². The number of anilines is 2. The maximum Gasteiger partial charge on any atom is 0.231 e. The van der Waals surface area contributed by atoms with Crippen LogP contribution < -0.4 is 9.80 Å². The Morgan fingerprint density at radius 1 is 1.14 bits per heavy atom. The Labute approximate surface area is 169 Å². The topological polar surface area (TPSA) is 53.5 Å². The molecule has 2 amide bonds. The Bertz CT molecular complexity index is 930. The summed E-state index contributed by atoms with van der Waals surface area (Å²) in [4.78, 5) is 33.5. The van der Waals surface area contributed by atoms with Crippen LogP contribution in [-0.4, -0.2) is 30.4 Å². The van der Waals surface area contributed by atoms with Crippen molar-refractivity contribution in [1.29, 1.82) is 0 Å². The van der Waals surface area contributed by atoms with Crippen LogP contribution in [0.5, 0.6) is 0 Å². The average Bonchev–Trinajstić information content (AvgIpc) is 3.41. The zero-order chi connectivity index (χ0) is 19.3. The number of aromatic nitrogens is 1. The molecule has 3 aliphatic rings. The van der Waals surface area contributed by atoms with E-state index in [1.165, 1.54) is 16.9 Å². The molecule has 0 atom stereocenters. The van der Waals surface area contributed by atoms with Crippen LogP contribution in [0.1, 0.15) is 44.1 Å². The third-order valence-corrected chi connectivity index (χ3v) is 7.17. The van der Waals surface area contributed by atoms with Gasteiger partial charge in [0.05, 0.1) is 5.69 Å². The van der Waals surface area contributed by atoms with Gasteiger partial charge >= 0.3 is 0 Å². The third-order valence-electron chi connectivity index (χ3n) is 6.25. The van der Waals surface area contributed by atoms with E-state index < -0.39 is 0 Å². The molecule has 2 heterocycles. The minimum Gasteiger partial charge on any atom is -0.312 e. The molecule has 0 spiro atoms. The van der Waals surface area contributed by atoms with Gasteiger partial charge in [0, 0.05) is 42.1 Å². The Morgan fingerprint density at radius 3 is 2.68 bits per heavy atom. The third kappa shape index (κ3) is 3.13. The molecule has 28 heavy (non-hydrogen) atoms. The first kappa shape index (κ1) is 17.9. The van der Waals surface area contributed by atoms with Crippen molar-refractivity contribution in [2.24, 2.45) is 11.8 Å². The van der Waals surface area contributed by atoms with E-state index in [1.54, 1.807) is 4.90 Å². The van der Waals surface area contributed by atoms with Crippen LogP contribution >= 0.6 is 11.3 Å². The number of nitrogens with zero attached hydrogens (tertiary/aromatic N) is 3. The molecule has 5 nitrogen and oxygen atoms in total. The van der Waals surface area contributed by atoms with Gasteiger partial charge in [-0.2, -0.15) is 0 Å². The molecule has 2 aromatic rings. The van der Waals surface area contributed by atoms with E-state index in [4.69, 9.17) is 4.98 Å². The number of carbonyl (C=O) groups is 2. The number of hydrogen-bond donors (Lipinski definition) is 0. The van der Waals surface area contributed by atoms with Crippen molar-refractivity contribution in [3.63, 3.8) is 0 Å². The zero-order valence-corrected chi connectivity index (χ0v) is 17.0. The summed E-state index contributed by atoms with van der Waals surface area (Å²) in [5.41, 5.74) is 4.26. The second-order valence-corrected chi connectivity index (χ2v) is 9.09. The number of carbonyl (C=O) groups excluding carboxylic acids is 2. The molecular formula is C22H25N3O2S. The van der Waals surface area contributed by atoms with Gasteiger partial charge in [-0.15, -0.1) is 11.3 Å². The van der Waals surface area contributed by atoms with E-state index in [0.717, 1.165) is 73.6 Å². The summed E-state index contributed by atoms with van der Waals surface area (Å²) in [6.07, 6.45) is 7.24. The molecule has 1 aromatic heterocycles. The van der Waals surface area contributed by atoms with Gasteiger partial charge in [-0.1, -0.05) is 12.5 Å². The first-order chi connectivity index (χ1) is 13.6. The second kappa shape index (κ2) is 6.99. The van der Waals surface area contributed by atoms with E-state index in [2.05, 4.69) is 18.2 Å². The molecule has 0 N–H and O–H groups in total. The highest BCUT2D eigenvalue weighted by molar-refractivity contribution is 7.14. The molecule has 2 saturated carbocycles. The minimum atomic E-state index is 0.177. The number of fused-ring (bicyclic) bond motifs is 1. The highest BCUT2D eigenvalue weighted by Crippen LogP contribution is 2.38. The van der Waals surface area contributed by atoms with Gasteiger partial charge in [0.25, 0.3) is 0 Å². The van der Waals surface area contributed by atoms with Crippen LogP contribution in [0.25, 0.3) is 11.3 Å². The Hall–Kier alpha value is -2.21. The van der Waals surface area contributed by atoms with Crippen LogP contribution in [0.2, 0.25) is 0 Å². The van der Waals surface area contributed by atoms with E-state index in [9.17, 15) is 9.59 Å². The number of rotatable bonds is 4. The normalized spacial score (nSPS) is 19.1. The van der Waals surface area contributed by atoms with Crippen LogP contribution in [0.4, 0.5) is 10.8 Å². The van der Waals surface area contributed by atoms with Gasteiger partial charge < -0.3 is 4.90 Å². The van der Waals surface area contributed by atoms with Gasteiger partial charge in [0.2, 0.25) is 11.8 Å². The molecule has 0 saturated heterocycles. The van der Waals surface area contributed by atoms with Crippen molar-refractivity contribution < 1.29 is 9.59 Å². The van der Waals surface area contributed by atoms with Crippen molar-refractivity contribution in [2.75, 3.05) is 23.4 Å². The molecule has 0 radical (unpaired) electrons. The summed E-state index contributed by atoms with van der Waals surface area (Å²) in [5.74, 6) is 0.902. The molecule has 146 valence electrons. The van der Waals surface area contributed by atoms with Gasteiger partial charge in [-0.05, 0) is 56.2 Å². The average molecular weight is 396 g/mol. The lowest BCUT2D eigenvalue weighted by Gasteiger charge is -2.30. The highest BCUT2D eigenvalue weighted by atomic mass is 32.1. The number of hydrogen-bond acceptors (Lipinski definition) is 4. The predicted octanol–water partition coefficient (Wildman–Crippen LogP) is 4.26. The van der Waals surface area contributed by atoms with E-state index >= 15 is 0 Å². The van der Waals surface area contributed by atoms with Crippen LogP contribution in [0, 0.1) is 11.8 Å². The number of amides is 2. The lowest BCUT2D eigenvalue weighted by Crippen LogP contribution is -2.36. The number of thiazole rings is 1. The molecular weight excluding hydrogens is 370 g/mol. The summed E-state index contributed by atoms with van der Waals surface area (Å²) in [7, 11) is 1.83. The molecule has 2 fully saturated rings. The Kier molecular flexibility index (Phi) is 4.46. The summed E-state index contributed by atoms with van der Waals surface area (Å²) < 4.78 is 0. The molecule has 6 heteroatoms. The molecule has 5 rings (SSSR count). The first-order valence-electron chi connectivity index (χ1n) is 10.3. The quantitative estimate of drug-likeness (QED) is 0.777. The Balaban J connectivity index is 1.38. The molecule has 1 aromatic carbocycles. The summed E-state index contributed by atoms with van der Waals surface area (Å²) in [5, 5.41) is 2.78. The van der Waals surface area contributed by atoms with E-state index in [0.29, 0.717) is 5.91 Å². The van der Waals surface area contributed by atoms with Crippen LogP contribution in [-0.2, 0) is 16.0 Å². The van der Waals surface area contributed by atoms with Gasteiger partial charge in [0.1, 0.15) is 0 Å². The van der Waals surface area contributed by atoms with E-state index in [1.807, 2.05) is 17.3 Å². The lowest BCUT2D eigenvalue weighted by molar-refractivity contribution is -0.124. The fraction of sp³-hybridized carbons (Fsp3) is 0.500. The monoisotopic (exact) mass is 395 g/mol. The SMILES string of the molecule is CN(C(=O)C1CCC1)c1nc(-c2ccc3c(c2)CCCN3C(=O)C2CC2)cs1. The summed E-state index contributed by atoms with van der Waals surface area (Å²) in [6.45, 7) is 0.830. The van der Waals surface area contributed by atoms with Crippen LogP contribution in [0.3, 0.4) is 0 Å². The van der Waals surface area contributed by atoms with Gasteiger partial charge in [0.15, 0.2) is 5.13 Å². The highest BCUT2D eigenvalue weighted by Gasteiger charge is 2.35. The van der Waals surface area contributed by atoms with Gasteiger partial charge in [-0.25, -0.2) is 4.98 Å². The van der Waals surface area contributed by atoms with Crippen molar-refractivity contribution in [1.82, 2.24) is 4.98 Å². The van der Waals surface area contributed by atoms with Crippen molar-refractivity contribution in [3.8, 4) is 11.3 Å². The van der Waals surface area contributed by atoms with Crippen LogP contribution in [0.15, 0.2) is 23.6 Å².